The minimum atomic E-state index is -0.932. The van der Waals surface area contributed by atoms with Gasteiger partial charge in [0, 0.05) is 18.2 Å². The predicted octanol–water partition coefficient (Wildman–Crippen LogP) is 3.41. The largest absolute Gasteiger partial charge is 0.387 e. The zero-order chi connectivity index (χ0) is 14.5. The number of nitrogens with one attached hydrogen (secondary N) is 1. The van der Waals surface area contributed by atoms with Crippen LogP contribution in [0.4, 0.5) is 8.78 Å². The van der Waals surface area contributed by atoms with E-state index < -0.39 is 17.7 Å². The first-order valence-corrected chi connectivity index (χ1v) is 7.40. The molecule has 0 saturated heterocycles. The Kier molecular flexibility index (Phi) is 5.49. The summed E-state index contributed by atoms with van der Waals surface area (Å²) in [4.78, 5) is 0. The fraction of sp³-hybridized carbons (Fsp3) is 0.625. The fourth-order valence-corrected chi connectivity index (χ4v) is 2.84. The number of halogens is 2. The molecule has 2 N–H and O–H groups in total. The molecule has 1 saturated carbocycles. The molecule has 1 aromatic rings. The molecule has 2 nitrogen and oxygen atoms in total. The van der Waals surface area contributed by atoms with Crippen molar-refractivity contribution in [3.8, 4) is 0 Å². The van der Waals surface area contributed by atoms with Gasteiger partial charge in [0.2, 0.25) is 0 Å². The SMILES string of the molecule is CC1CCC(CNCC(O)c2ccc(F)cc2F)CC1. The van der Waals surface area contributed by atoms with Crippen molar-refractivity contribution in [3.05, 3.63) is 35.4 Å². The van der Waals surface area contributed by atoms with Crippen LogP contribution in [-0.2, 0) is 0 Å². The topological polar surface area (TPSA) is 32.3 Å². The molecule has 112 valence electrons. The van der Waals surface area contributed by atoms with Gasteiger partial charge in [-0.05, 0) is 37.3 Å². The average Bonchev–Trinajstić information content (AvgIpc) is 2.41. The van der Waals surface area contributed by atoms with Gasteiger partial charge in [0.05, 0.1) is 6.10 Å². The van der Waals surface area contributed by atoms with Crippen molar-refractivity contribution in [2.24, 2.45) is 11.8 Å². The van der Waals surface area contributed by atoms with Crippen molar-refractivity contribution in [3.63, 3.8) is 0 Å². The van der Waals surface area contributed by atoms with Crippen molar-refractivity contribution < 1.29 is 13.9 Å². The van der Waals surface area contributed by atoms with Crippen LogP contribution in [0.3, 0.4) is 0 Å². The summed E-state index contributed by atoms with van der Waals surface area (Å²) < 4.78 is 26.3. The zero-order valence-corrected chi connectivity index (χ0v) is 11.9. The van der Waals surface area contributed by atoms with Gasteiger partial charge in [0.25, 0.3) is 0 Å². The molecule has 1 unspecified atom stereocenters. The lowest BCUT2D eigenvalue weighted by atomic mass is 9.83. The normalized spacial score (nSPS) is 24.6. The van der Waals surface area contributed by atoms with E-state index in [1.165, 1.54) is 37.8 Å². The van der Waals surface area contributed by atoms with E-state index in [-0.39, 0.29) is 5.56 Å². The summed E-state index contributed by atoms with van der Waals surface area (Å²) in [6.45, 7) is 3.44. The lowest BCUT2D eigenvalue weighted by molar-refractivity contribution is 0.165. The van der Waals surface area contributed by atoms with Crippen molar-refractivity contribution in [1.82, 2.24) is 5.32 Å². The smallest absolute Gasteiger partial charge is 0.131 e. The molecule has 0 spiro atoms. The van der Waals surface area contributed by atoms with E-state index >= 15 is 0 Å². The number of hydrogen-bond acceptors (Lipinski definition) is 2. The maximum Gasteiger partial charge on any atom is 0.131 e. The molecular weight excluding hydrogens is 260 g/mol. The first-order chi connectivity index (χ1) is 9.56. The van der Waals surface area contributed by atoms with Crippen LogP contribution in [0.25, 0.3) is 0 Å². The first-order valence-electron chi connectivity index (χ1n) is 7.40. The second-order valence-electron chi connectivity index (χ2n) is 5.97. The highest BCUT2D eigenvalue weighted by Crippen LogP contribution is 2.27. The van der Waals surface area contributed by atoms with Gasteiger partial charge in [-0.1, -0.05) is 25.8 Å². The molecule has 1 aliphatic carbocycles. The van der Waals surface area contributed by atoms with Crippen molar-refractivity contribution in [2.45, 2.75) is 38.7 Å². The molecule has 1 aromatic carbocycles. The predicted molar refractivity (Wildman–Crippen MR) is 75.3 cm³/mol. The Balaban J connectivity index is 1.76. The molecule has 0 radical (unpaired) electrons. The third-order valence-corrected chi connectivity index (χ3v) is 4.23. The zero-order valence-electron chi connectivity index (χ0n) is 11.9. The van der Waals surface area contributed by atoms with Crippen LogP contribution in [0.2, 0.25) is 0 Å². The van der Waals surface area contributed by atoms with Crippen LogP contribution in [0.15, 0.2) is 18.2 Å². The summed E-state index contributed by atoms with van der Waals surface area (Å²) in [5.74, 6) is 0.162. The van der Waals surface area contributed by atoms with E-state index in [4.69, 9.17) is 0 Å². The third-order valence-electron chi connectivity index (χ3n) is 4.23. The van der Waals surface area contributed by atoms with E-state index in [2.05, 4.69) is 12.2 Å². The monoisotopic (exact) mass is 283 g/mol. The van der Waals surface area contributed by atoms with Gasteiger partial charge in [0.15, 0.2) is 0 Å². The lowest BCUT2D eigenvalue weighted by Gasteiger charge is -2.26. The summed E-state index contributed by atoms with van der Waals surface area (Å²) in [5, 5.41) is 13.1. The number of benzene rings is 1. The quantitative estimate of drug-likeness (QED) is 0.868. The fourth-order valence-electron chi connectivity index (χ4n) is 2.84. The average molecular weight is 283 g/mol. The van der Waals surface area contributed by atoms with E-state index in [1.807, 2.05) is 0 Å². The Morgan fingerprint density at radius 2 is 1.95 bits per heavy atom. The van der Waals surface area contributed by atoms with Crippen LogP contribution >= 0.6 is 0 Å². The lowest BCUT2D eigenvalue weighted by Crippen LogP contribution is -2.29. The summed E-state index contributed by atoms with van der Waals surface area (Å²) in [5.41, 5.74) is 0.149. The van der Waals surface area contributed by atoms with Crippen molar-refractivity contribution in [2.75, 3.05) is 13.1 Å². The summed E-state index contributed by atoms with van der Waals surface area (Å²) in [6, 6.07) is 3.28. The molecule has 0 aliphatic heterocycles. The molecule has 1 aliphatic rings. The van der Waals surface area contributed by atoms with Gasteiger partial charge >= 0.3 is 0 Å². The van der Waals surface area contributed by atoms with Crippen molar-refractivity contribution >= 4 is 0 Å². The third kappa shape index (κ3) is 4.25. The molecule has 1 fully saturated rings. The summed E-state index contributed by atoms with van der Waals surface area (Å²) in [7, 11) is 0. The molecule has 2 rings (SSSR count). The van der Waals surface area contributed by atoms with Gasteiger partial charge < -0.3 is 10.4 Å². The van der Waals surface area contributed by atoms with Gasteiger partial charge in [-0.3, -0.25) is 0 Å². The molecular formula is C16H23F2NO. The highest BCUT2D eigenvalue weighted by Gasteiger charge is 2.19. The number of rotatable bonds is 5. The van der Waals surface area contributed by atoms with Crippen LogP contribution in [-0.4, -0.2) is 18.2 Å². The Labute approximate surface area is 119 Å². The van der Waals surface area contributed by atoms with Gasteiger partial charge in [-0.25, -0.2) is 8.78 Å². The van der Waals surface area contributed by atoms with Crippen LogP contribution in [0, 0.1) is 23.5 Å². The minimum absolute atomic E-state index is 0.149. The molecule has 0 heterocycles. The van der Waals surface area contributed by atoms with E-state index in [0.29, 0.717) is 12.5 Å². The maximum atomic E-state index is 13.5. The van der Waals surface area contributed by atoms with E-state index in [1.54, 1.807) is 0 Å². The summed E-state index contributed by atoms with van der Waals surface area (Å²) >= 11 is 0. The highest BCUT2D eigenvalue weighted by atomic mass is 19.1. The van der Waals surface area contributed by atoms with Gasteiger partial charge in [-0.2, -0.15) is 0 Å². The molecule has 4 heteroatoms. The van der Waals surface area contributed by atoms with Crippen LogP contribution in [0.5, 0.6) is 0 Å². The van der Waals surface area contributed by atoms with Crippen LogP contribution in [0.1, 0.15) is 44.3 Å². The Morgan fingerprint density at radius 1 is 1.25 bits per heavy atom. The summed E-state index contributed by atoms with van der Waals surface area (Å²) in [6.07, 6.45) is 4.03. The Bertz CT molecular complexity index is 430. The molecule has 20 heavy (non-hydrogen) atoms. The molecule has 1 atom stereocenters. The Hall–Kier alpha value is -1.00. The number of aliphatic hydroxyl groups is 1. The van der Waals surface area contributed by atoms with E-state index in [9.17, 15) is 13.9 Å². The standard InChI is InChI=1S/C16H23F2NO/c1-11-2-4-12(5-3-11)9-19-10-16(20)14-7-6-13(17)8-15(14)18/h6-8,11-12,16,19-20H,2-5,9-10H2,1H3. The second kappa shape index (κ2) is 7.14. The van der Waals surface area contributed by atoms with Crippen molar-refractivity contribution in [1.29, 1.82) is 0 Å². The molecule has 0 amide bonds. The second-order valence-corrected chi connectivity index (χ2v) is 5.97. The number of hydrogen-bond donors (Lipinski definition) is 2. The first kappa shape index (κ1) is 15.4. The van der Waals surface area contributed by atoms with Crippen LogP contribution < -0.4 is 5.32 Å². The van der Waals surface area contributed by atoms with E-state index in [0.717, 1.165) is 18.5 Å². The molecule has 0 aromatic heterocycles. The number of aliphatic hydroxyl groups excluding tert-OH is 1. The maximum absolute atomic E-state index is 13.5. The van der Waals surface area contributed by atoms with Gasteiger partial charge in [-0.15, -0.1) is 0 Å². The minimum Gasteiger partial charge on any atom is -0.387 e. The Morgan fingerprint density at radius 3 is 2.60 bits per heavy atom. The molecule has 0 bridgehead atoms. The van der Waals surface area contributed by atoms with Gasteiger partial charge in [0.1, 0.15) is 11.6 Å². The highest BCUT2D eigenvalue weighted by molar-refractivity contribution is 5.21.